The minimum Gasteiger partial charge on any atom is -0.394 e. The first-order chi connectivity index (χ1) is 20.7. The van der Waals surface area contributed by atoms with Gasteiger partial charge in [0.15, 0.2) is 6.29 Å². The maximum Gasteiger partial charge on any atom is 0.186 e. The van der Waals surface area contributed by atoms with Crippen molar-refractivity contribution in [1.82, 2.24) is 0 Å². The Labute approximate surface area is 270 Å². The molecular weight excluding hydrogens is 576 g/mol. The number of aliphatic hydroxyl groups is 7. The molecule has 4 saturated carbocycles. The van der Waals surface area contributed by atoms with E-state index in [0.29, 0.717) is 25.7 Å². The number of aliphatic hydroxyl groups excluding tert-OH is 6. The average molecular weight is 639 g/mol. The molecule has 45 heavy (non-hydrogen) atoms. The van der Waals surface area contributed by atoms with Crippen LogP contribution < -0.4 is 0 Å². The van der Waals surface area contributed by atoms with Crippen LogP contribution in [0.4, 0.5) is 0 Å². The van der Waals surface area contributed by atoms with Crippen molar-refractivity contribution in [2.24, 2.45) is 45.3 Å². The van der Waals surface area contributed by atoms with E-state index in [2.05, 4.69) is 47.6 Å². The van der Waals surface area contributed by atoms with Crippen molar-refractivity contribution in [2.75, 3.05) is 6.61 Å². The van der Waals surface area contributed by atoms with E-state index in [0.717, 1.165) is 25.7 Å². The molecule has 5 fully saturated rings. The molecule has 9 heteroatoms. The predicted octanol–water partition coefficient (Wildman–Crippen LogP) is 3.30. The van der Waals surface area contributed by atoms with Gasteiger partial charge in [-0.05, 0) is 117 Å². The molecule has 1 saturated heterocycles. The fourth-order valence-electron chi connectivity index (χ4n) is 11.7. The van der Waals surface area contributed by atoms with Gasteiger partial charge >= 0.3 is 0 Å². The first-order valence-corrected chi connectivity index (χ1v) is 17.4. The summed E-state index contributed by atoms with van der Waals surface area (Å²) in [5.41, 5.74) is -0.729. The van der Waals surface area contributed by atoms with Crippen LogP contribution in [0.5, 0.6) is 0 Å². The fourth-order valence-corrected chi connectivity index (χ4v) is 11.7. The van der Waals surface area contributed by atoms with Gasteiger partial charge in [-0.25, -0.2) is 0 Å². The number of hydrogen-bond donors (Lipinski definition) is 7. The number of hydrogen-bond acceptors (Lipinski definition) is 9. The molecule has 0 amide bonds. The molecule has 15 atom stereocenters. The highest BCUT2D eigenvalue weighted by molar-refractivity contribution is 5.24. The Morgan fingerprint density at radius 3 is 2.22 bits per heavy atom. The Kier molecular flexibility index (Phi) is 9.56. The van der Waals surface area contributed by atoms with Gasteiger partial charge in [0, 0.05) is 0 Å². The number of ether oxygens (including phenoxy) is 2. The van der Waals surface area contributed by atoms with Crippen LogP contribution in [0.1, 0.15) is 107 Å². The lowest BCUT2D eigenvalue weighted by atomic mass is 9.34. The van der Waals surface area contributed by atoms with Gasteiger partial charge in [0.05, 0.1) is 30.5 Å². The van der Waals surface area contributed by atoms with E-state index in [1.54, 1.807) is 0 Å². The molecule has 1 heterocycles. The zero-order valence-corrected chi connectivity index (χ0v) is 28.8. The third kappa shape index (κ3) is 5.68. The van der Waals surface area contributed by atoms with Crippen LogP contribution in [-0.2, 0) is 9.47 Å². The van der Waals surface area contributed by atoms with Gasteiger partial charge in [-0.3, -0.25) is 0 Å². The lowest BCUT2D eigenvalue weighted by molar-refractivity contribution is -0.346. The van der Waals surface area contributed by atoms with E-state index < -0.39 is 66.6 Å². The molecule has 9 nitrogen and oxygen atoms in total. The van der Waals surface area contributed by atoms with Crippen molar-refractivity contribution in [3.05, 3.63) is 11.6 Å². The van der Waals surface area contributed by atoms with E-state index in [4.69, 9.17) is 9.47 Å². The summed E-state index contributed by atoms with van der Waals surface area (Å²) in [6.07, 6.45) is 0.140. The largest absolute Gasteiger partial charge is 0.394 e. The van der Waals surface area contributed by atoms with Crippen molar-refractivity contribution in [2.45, 2.75) is 161 Å². The third-order valence-corrected chi connectivity index (χ3v) is 14.2. The lowest BCUT2D eigenvalue weighted by Gasteiger charge is -2.72. The van der Waals surface area contributed by atoms with Gasteiger partial charge < -0.3 is 45.2 Å². The molecule has 0 aromatic heterocycles. The highest BCUT2D eigenvalue weighted by Crippen LogP contribution is 2.76. The van der Waals surface area contributed by atoms with Gasteiger partial charge in [-0.1, -0.05) is 46.3 Å². The van der Waals surface area contributed by atoms with Gasteiger partial charge in [0.2, 0.25) is 0 Å². The molecule has 0 bridgehead atoms. The molecule has 7 N–H and O–H groups in total. The maximum absolute atomic E-state index is 12.1. The van der Waals surface area contributed by atoms with Gasteiger partial charge in [-0.2, -0.15) is 0 Å². The highest BCUT2D eigenvalue weighted by atomic mass is 16.7. The fraction of sp³-hybridized carbons (Fsp3) is 0.944. The second kappa shape index (κ2) is 12.1. The Bertz CT molecular complexity index is 1100. The summed E-state index contributed by atoms with van der Waals surface area (Å²) in [5, 5.41) is 75.5. The predicted molar refractivity (Wildman–Crippen MR) is 170 cm³/mol. The smallest absolute Gasteiger partial charge is 0.186 e. The first-order valence-electron chi connectivity index (χ1n) is 17.4. The lowest BCUT2D eigenvalue weighted by Crippen LogP contribution is -2.70. The highest BCUT2D eigenvalue weighted by Gasteiger charge is 2.72. The topological polar surface area (TPSA) is 160 Å². The molecule has 5 aliphatic rings. The molecule has 0 radical (unpaired) electrons. The Hall–Kier alpha value is -0.620. The van der Waals surface area contributed by atoms with Crippen molar-refractivity contribution >= 4 is 0 Å². The van der Waals surface area contributed by atoms with E-state index in [9.17, 15) is 35.7 Å². The summed E-state index contributed by atoms with van der Waals surface area (Å²) in [6.45, 7) is 16.5. The molecule has 260 valence electrons. The van der Waals surface area contributed by atoms with Crippen LogP contribution in [0, 0.1) is 45.3 Å². The summed E-state index contributed by atoms with van der Waals surface area (Å²) in [6, 6.07) is 0. The summed E-state index contributed by atoms with van der Waals surface area (Å²) < 4.78 is 12.6. The van der Waals surface area contributed by atoms with Crippen LogP contribution in [0.2, 0.25) is 0 Å². The van der Waals surface area contributed by atoms with Crippen molar-refractivity contribution in [3.8, 4) is 0 Å². The summed E-state index contributed by atoms with van der Waals surface area (Å²) in [7, 11) is 0. The number of allylic oxidation sites excluding steroid dienone is 2. The second-order valence-corrected chi connectivity index (χ2v) is 17.6. The average Bonchev–Trinajstić information content (AvgIpc) is 3.32. The summed E-state index contributed by atoms with van der Waals surface area (Å²) >= 11 is 0. The molecule has 4 aliphatic carbocycles. The minimum atomic E-state index is -1.53. The molecule has 0 aromatic carbocycles. The van der Waals surface area contributed by atoms with Gasteiger partial charge in [-0.15, -0.1) is 0 Å². The molecule has 0 aromatic rings. The van der Waals surface area contributed by atoms with Crippen molar-refractivity contribution in [3.63, 3.8) is 0 Å². The molecule has 0 spiro atoms. The van der Waals surface area contributed by atoms with Crippen LogP contribution in [0.15, 0.2) is 11.6 Å². The standard InChI is InChI=1S/C36H62O9/c1-19(10-9-13-32(2,3)43)20-11-15-35(7)26(20)21(38)16-24-34(6)14-12-25(39)33(4,5)30(34)22(17-36(24,35)8)44-31-29(42)28(41)27(40)23(18-37)45-31/h10,20-31,37-43H,9,11-18H2,1-8H3/b19-10+/t20-,21-,22+,23-,24-,25+,26+,27-,28+,29-,30-,31+,34-,35-,36-/m1/s1. The van der Waals surface area contributed by atoms with E-state index in [1.165, 1.54) is 5.57 Å². The zero-order valence-electron chi connectivity index (χ0n) is 28.8. The van der Waals surface area contributed by atoms with Crippen LogP contribution in [0.3, 0.4) is 0 Å². The Balaban J connectivity index is 1.52. The van der Waals surface area contributed by atoms with E-state index in [1.807, 2.05) is 13.8 Å². The van der Waals surface area contributed by atoms with Crippen molar-refractivity contribution < 1.29 is 45.2 Å². The first kappa shape index (κ1) is 35.7. The van der Waals surface area contributed by atoms with E-state index >= 15 is 0 Å². The SMILES string of the molecule is C/C(=C\CCC(C)(C)O)[C@H]1CC[C@]2(C)[C@@H]1[C@H](O)C[C@@H]1[C@@]3(C)CC[C@H](O)C(C)(C)[C@H]3[C@@H](O[C@H]3O[C@H](CO)[C@@H](O)[C@H](O)[C@H]3O)C[C@]12C. The number of rotatable bonds is 7. The normalized spacial score (nSPS) is 51.8. The summed E-state index contributed by atoms with van der Waals surface area (Å²) in [4.78, 5) is 0. The van der Waals surface area contributed by atoms with Crippen LogP contribution in [0.25, 0.3) is 0 Å². The van der Waals surface area contributed by atoms with Gasteiger partial charge in [0.1, 0.15) is 24.4 Å². The third-order valence-electron chi connectivity index (χ3n) is 14.2. The monoisotopic (exact) mass is 638 g/mol. The van der Waals surface area contributed by atoms with Crippen LogP contribution >= 0.6 is 0 Å². The molecule has 0 unspecified atom stereocenters. The molecule has 5 rings (SSSR count). The van der Waals surface area contributed by atoms with Crippen molar-refractivity contribution in [1.29, 1.82) is 0 Å². The Morgan fingerprint density at radius 1 is 0.933 bits per heavy atom. The molecular formula is C36H62O9. The number of fused-ring (bicyclic) bond motifs is 5. The quantitative estimate of drug-likeness (QED) is 0.164. The molecule has 1 aliphatic heterocycles. The zero-order chi connectivity index (χ0) is 33.5. The van der Waals surface area contributed by atoms with Gasteiger partial charge in [0.25, 0.3) is 0 Å². The second-order valence-electron chi connectivity index (χ2n) is 17.6. The summed E-state index contributed by atoms with van der Waals surface area (Å²) in [5.74, 6) is 0.343. The minimum absolute atomic E-state index is 0.0624. The maximum atomic E-state index is 12.1. The van der Waals surface area contributed by atoms with Crippen LogP contribution in [-0.4, -0.2) is 97.0 Å². The van der Waals surface area contributed by atoms with E-state index in [-0.39, 0.29) is 39.9 Å². The Morgan fingerprint density at radius 2 is 1.60 bits per heavy atom.